The van der Waals surface area contributed by atoms with E-state index in [9.17, 15) is 4.79 Å². The van der Waals surface area contributed by atoms with E-state index in [2.05, 4.69) is 31.1 Å². The van der Waals surface area contributed by atoms with Crippen LogP contribution in [0.1, 0.15) is 37.6 Å². The molecular formula is C15H21N3O. The van der Waals surface area contributed by atoms with Gasteiger partial charge < -0.3 is 16.0 Å². The number of carbonyl (C=O) groups excluding carboxylic acids is 1. The summed E-state index contributed by atoms with van der Waals surface area (Å²) in [6.07, 6.45) is 2.76. The van der Waals surface area contributed by atoms with E-state index in [1.165, 1.54) is 0 Å². The van der Waals surface area contributed by atoms with E-state index in [-0.39, 0.29) is 11.3 Å². The highest BCUT2D eigenvalue weighted by Crippen LogP contribution is 2.22. The molecule has 0 atom stereocenters. The van der Waals surface area contributed by atoms with Crippen LogP contribution in [0.25, 0.3) is 10.9 Å². The molecule has 0 unspecified atom stereocenters. The molecule has 2 rings (SSSR count). The second-order valence-electron chi connectivity index (χ2n) is 5.71. The van der Waals surface area contributed by atoms with Gasteiger partial charge in [0, 0.05) is 29.3 Å². The van der Waals surface area contributed by atoms with Gasteiger partial charge in [-0.25, -0.2) is 0 Å². The number of aromatic amines is 1. The Kier molecular flexibility index (Phi) is 3.51. The van der Waals surface area contributed by atoms with Crippen molar-refractivity contribution in [1.82, 2.24) is 10.3 Å². The maximum Gasteiger partial charge on any atom is 0.253 e. The molecule has 1 amide bonds. The molecule has 4 nitrogen and oxygen atoms in total. The van der Waals surface area contributed by atoms with Crippen molar-refractivity contribution in [3.63, 3.8) is 0 Å². The summed E-state index contributed by atoms with van der Waals surface area (Å²) in [5, 5.41) is 3.86. The van der Waals surface area contributed by atoms with Crippen molar-refractivity contribution < 1.29 is 4.79 Å². The molecule has 102 valence electrons. The third kappa shape index (κ3) is 2.89. The summed E-state index contributed by atoms with van der Waals surface area (Å²) in [4.78, 5) is 15.3. The maximum absolute atomic E-state index is 12.2. The summed E-state index contributed by atoms with van der Waals surface area (Å²) in [6, 6.07) is 5.53. The zero-order valence-corrected chi connectivity index (χ0v) is 11.7. The van der Waals surface area contributed by atoms with E-state index in [1.54, 1.807) is 6.20 Å². The first-order valence-electron chi connectivity index (χ1n) is 6.58. The van der Waals surface area contributed by atoms with Crippen LogP contribution >= 0.6 is 0 Å². The van der Waals surface area contributed by atoms with Gasteiger partial charge in [-0.2, -0.15) is 0 Å². The summed E-state index contributed by atoms with van der Waals surface area (Å²) in [7, 11) is 0. The lowest BCUT2D eigenvalue weighted by Crippen LogP contribution is -2.33. The number of rotatable bonds is 4. The van der Waals surface area contributed by atoms with Crippen molar-refractivity contribution in [3.05, 3.63) is 30.0 Å². The summed E-state index contributed by atoms with van der Waals surface area (Å²) < 4.78 is 0. The number of amides is 1. The molecule has 0 radical (unpaired) electrons. The first kappa shape index (κ1) is 13.5. The van der Waals surface area contributed by atoms with Crippen LogP contribution in [0, 0.1) is 5.41 Å². The quantitative estimate of drug-likeness (QED) is 0.739. The van der Waals surface area contributed by atoms with Crippen LogP contribution in [0.15, 0.2) is 24.4 Å². The van der Waals surface area contributed by atoms with Crippen LogP contribution in [0.5, 0.6) is 0 Å². The second-order valence-corrected chi connectivity index (χ2v) is 5.71. The standard InChI is InChI=1S/C15H21N3O/c1-4-15(2,3)9-18-14(19)12-8-17-13-6-5-10(16)7-11(12)13/h5-8,17H,4,9,16H2,1-3H3,(H,18,19). The lowest BCUT2D eigenvalue weighted by atomic mass is 9.90. The third-order valence-electron chi connectivity index (χ3n) is 3.64. The molecular weight excluding hydrogens is 238 g/mol. The van der Waals surface area contributed by atoms with Crippen molar-refractivity contribution in [1.29, 1.82) is 0 Å². The highest BCUT2D eigenvalue weighted by molar-refractivity contribution is 6.07. The lowest BCUT2D eigenvalue weighted by molar-refractivity contribution is 0.0937. The number of anilines is 1. The zero-order valence-electron chi connectivity index (χ0n) is 11.7. The van der Waals surface area contributed by atoms with Gasteiger partial charge in [-0.3, -0.25) is 4.79 Å². The first-order chi connectivity index (χ1) is 8.93. The number of nitrogens with two attached hydrogens (primary N) is 1. The molecule has 0 aliphatic rings. The SMILES string of the molecule is CCC(C)(C)CNC(=O)c1c[nH]c2ccc(N)cc12. The minimum atomic E-state index is -0.0571. The Balaban J connectivity index is 2.20. The van der Waals surface area contributed by atoms with E-state index in [4.69, 9.17) is 5.73 Å². The fourth-order valence-electron chi connectivity index (χ4n) is 1.87. The topological polar surface area (TPSA) is 70.9 Å². The number of nitrogens with one attached hydrogen (secondary N) is 2. The van der Waals surface area contributed by atoms with Crippen LogP contribution in [-0.4, -0.2) is 17.4 Å². The van der Waals surface area contributed by atoms with Gasteiger partial charge in [0.25, 0.3) is 5.91 Å². The van der Waals surface area contributed by atoms with E-state index in [0.717, 1.165) is 17.3 Å². The Bertz CT molecular complexity index is 598. The number of hydrogen-bond acceptors (Lipinski definition) is 2. The minimum absolute atomic E-state index is 0.0571. The molecule has 1 heterocycles. The van der Waals surface area contributed by atoms with Gasteiger partial charge in [0.05, 0.1) is 5.56 Å². The fraction of sp³-hybridized carbons (Fsp3) is 0.400. The molecule has 0 bridgehead atoms. The number of H-pyrrole nitrogens is 1. The van der Waals surface area contributed by atoms with Gasteiger partial charge in [0.2, 0.25) is 0 Å². The van der Waals surface area contributed by atoms with Crippen LogP contribution in [0.4, 0.5) is 5.69 Å². The average molecular weight is 259 g/mol. The second kappa shape index (κ2) is 4.96. The van der Waals surface area contributed by atoms with Crippen LogP contribution in [-0.2, 0) is 0 Å². The Morgan fingerprint density at radius 3 is 2.84 bits per heavy atom. The van der Waals surface area contributed by atoms with Gasteiger partial charge in [-0.05, 0) is 30.0 Å². The van der Waals surface area contributed by atoms with E-state index < -0.39 is 0 Å². The molecule has 0 fully saturated rings. The Hall–Kier alpha value is -1.97. The molecule has 19 heavy (non-hydrogen) atoms. The van der Waals surface area contributed by atoms with E-state index in [0.29, 0.717) is 17.8 Å². The lowest BCUT2D eigenvalue weighted by Gasteiger charge is -2.22. The molecule has 0 spiro atoms. The van der Waals surface area contributed by atoms with Gasteiger partial charge in [-0.15, -0.1) is 0 Å². The summed E-state index contributed by atoms with van der Waals surface area (Å²) in [6.45, 7) is 7.07. The van der Waals surface area contributed by atoms with Crippen molar-refractivity contribution in [3.8, 4) is 0 Å². The van der Waals surface area contributed by atoms with E-state index >= 15 is 0 Å². The molecule has 1 aromatic carbocycles. The molecule has 0 saturated heterocycles. The molecule has 2 aromatic rings. The zero-order chi connectivity index (χ0) is 14.0. The summed E-state index contributed by atoms with van der Waals surface area (Å²) >= 11 is 0. The van der Waals surface area contributed by atoms with Gasteiger partial charge in [0.1, 0.15) is 0 Å². The number of aromatic nitrogens is 1. The van der Waals surface area contributed by atoms with Crippen molar-refractivity contribution in [2.24, 2.45) is 5.41 Å². The summed E-state index contributed by atoms with van der Waals surface area (Å²) in [5.74, 6) is -0.0571. The molecule has 0 saturated carbocycles. The van der Waals surface area contributed by atoms with Gasteiger partial charge in [-0.1, -0.05) is 20.8 Å². The predicted molar refractivity (Wildman–Crippen MR) is 79.1 cm³/mol. The predicted octanol–water partition coefficient (Wildman–Crippen LogP) is 2.92. The number of nitrogen functional groups attached to an aromatic ring is 1. The van der Waals surface area contributed by atoms with Crippen molar-refractivity contribution >= 4 is 22.5 Å². The van der Waals surface area contributed by atoms with Gasteiger partial charge in [0.15, 0.2) is 0 Å². The first-order valence-corrected chi connectivity index (χ1v) is 6.58. The average Bonchev–Trinajstić information content (AvgIpc) is 2.79. The van der Waals surface area contributed by atoms with Crippen molar-refractivity contribution in [2.75, 3.05) is 12.3 Å². The Morgan fingerprint density at radius 2 is 2.16 bits per heavy atom. The van der Waals surface area contributed by atoms with Crippen LogP contribution in [0.2, 0.25) is 0 Å². The van der Waals surface area contributed by atoms with E-state index in [1.807, 2.05) is 18.2 Å². The molecule has 4 N–H and O–H groups in total. The molecule has 0 aliphatic carbocycles. The van der Waals surface area contributed by atoms with Gasteiger partial charge >= 0.3 is 0 Å². The highest BCUT2D eigenvalue weighted by atomic mass is 16.1. The third-order valence-corrected chi connectivity index (χ3v) is 3.64. The Morgan fingerprint density at radius 1 is 1.42 bits per heavy atom. The monoisotopic (exact) mass is 259 g/mol. The van der Waals surface area contributed by atoms with Crippen molar-refractivity contribution in [2.45, 2.75) is 27.2 Å². The number of hydrogen-bond donors (Lipinski definition) is 3. The minimum Gasteiger partial charge on any atom is -0.399 e. The number of fused-ring (bicyclic) bond motifs is 1. The van der Waals surface area contributed by atoms with Crippen LogP contribution < -0.4 is 11.1 Å². The summed E-state index contributed by atoms with van der Waals surface area (Å²) in [5.41, 5.74) is 8.12. The normalized spacial score (nSPS) is 11.7. The fourth-order valence-corrected chi connectivity index (χ4v) is 1.87. The largest absolute Gasteiger partial charge is 0.399 e. The highest BCUT2D eigenvalue weighted by Gasteiger charge is 2.18. The molecule has 0 aliphatic heterocycles. The van der Waals surface area contributed by atoms with Crippen LogP contribution in [0.3, 0.4) is 0 Å². The Labute approximate surface area is 113 Å². The number of carbonyl (C=O) groups is 1. The molecule has 1 aromatic heterocycles. The molecule has 4 heteroatoms. The number of benzene rings is 1. The smallest absolute Gasteiger partial charge is 0.253 e. The maximum atomic E-state index is 12.2.